The third-order valence-electron chi connectivity index (χ3n) is 4.31. The molecule has 1 fully saturated rings. The zero-order chi connectivity index (χ0) is 15.7. The summed E-state index contributed by atoms with van der Waals surface area (Å²) in [6.45, 7) is 8.84. The second-order valence-electron chi connectivity index (χ2n) is 6.77. The highest BCUT2D eigenvalue weighted by atomic mass is 79.9. The van der Waals surface area contributed by atoms with Crippen molar-refractivity contribution in [1.29, 1.82) is 0 Å². The molecular formula is C17H24BrNO2. The van der Waals surface area contributed by atoms with Crippen LogP contribution in [0.5, 0.6) is 0 Å². The normalized spacial score (nSPS) is 27.4. The molecule has 2 unspecified atom stereocenters. The van der Waals surface area contributed by atoms with E-state index in [0.29, 0.717) is 6.61 Å². The Kier molecular flexibility index (Phi) is 4.66. The summed E-state index contributed by atoms with van der Waals surface area (Å²) in [6, 6.07) is 7.93. The van der Waals surface area contributed by atoms with Crippen molar-refractivity contribution in [3.63, 3.8) is 0 Å². The van der Waals surface area contributed by atoms with Gasteiger partial charge in [-0.05, 0) is 55.4 Å². The minimum absolute atomic E-state index is 0.133. The number of hydrogen-bond donors (Lipinski definition) is 1. The van der Waals surface area contributed by atoms with Crippen molar-refractivity contribution in [1.82, 2.24) is 0 Å². The molecule has 1 N–H and O–H groups in total. The largest absolute Gasteiger partial charge is 0.464 e. The van der Waals surface area contributed by atoms with Gasteiger partial charge in [-0.15, -0.1) is 0 Å². The average Bonchev–Trinajstić information content (AvgIpc) is 2.63. The van der Waals surface area contributed by atoms with Crippen LogP contribution in [0.2, 0.25) is 0 Å². The molecule has 3 nitrogen and oxygen atoms in total. The van der Waals surface area contributed by atoms with Crippen molar-refractivity contribution >= 4 is 27.6 Å². The van der Waals surface area contributed by atoms with Crippen molar-refractivity contribution < 1.29 is 9.53 Å². The zero-order valence-electron chi connectivity index (χ0n) is 13.2. The summed E-state index contributed by atoms with van der Waals surface area (Å²) in [4.78, 5) is 12.6. The molecule has 1 aromatic carbocycles. The summed E-state index contributed by atoms with van der Waals surface area (Å²) >= 11 is 3.44. The molecule has 0 amide bonds. The summed E-state index contributed by atoms with van der Waals surface area (Å²) in [5.41, 5.74) is 0.456. The summed E-state index contributed by atoms with van der Waals surface area (Å²) in [6.07, 6.45) is 1.80. The van der Waals surface area contributed by atoms with Gasteiger partial charge in [0.1, 0.15) is 5.54 Å². The van der Waals surface area contributed by atoms with E-state index in [0.717, 1.165) is 23.0 Å². The lowest BCUT2D eigenvalue weighted by Crippen LogP contribution is -2.50. The van der Waals surface area contributed by atoms with Gasteiger partial charge in [-0.3, -0.25) is 0 Å². The van der Waals surface area contributed by atoms with Crippen molar-refractivity contribution in [2.75, 3.05) is 11.9 Å². The lowest BCUT2D eigenvalue weighted by molar-refractivity contribution is -0.150. The number of ether oxygens (including phenoxy) is 1. The first-order chi connectivity index (χ1) is 9.79. The Balaban J connectivity index is 2.33. The fourth-order valence-electron chi connectivity index (χ4n) is 3.55. The fourth-order valence-corrected chi connectivity index (χ4v) is 3.81. The first-order valence-electron chi connectivity index (χ1n) is 7.50. The van der Waals surface area contributed by atoms with Gasteiger partial charge in [-0.25, -0.2) is 4.79 Å². The van der Waals surface area contributed by atoms with Gasteiger partial charge in [0.25, 0.3) is 0 Å². The highest BCUT2D eigenvalue weighted by Gasteiger charge is 2.54. The molecule has 1 aliphatic rings. The van der Waals surface area contributed by atoms with Crippen LogP contribution in [0.25, 0.3) is 0 Å². The first-order valence-corrected chi connectivity index (χ1v) is 8.29. The molecule has 1 saturated carbocycles. The van der Waals surface area contributed by atoms with E-state index in [-0.39, 0.29) is 17.3 Å². The molecule has 0 heterocycles. The highest BCUT2D eigenvalue weighted by molar-refractivity contribution is 9.10. The van der Waals surface area contributed by atoms with Crippen LogP contribution in [-0.2, 0) is 9.53 Å². The molecule has 0 aromatic heterocycles. The SMILES string of the molecule is CCOC(=O)C1(Nc2ccc(Br)cc2)CC(C)(C)CC1C. The van der Waals surface area contributed by atoms with Gasteiger partial charge in [0.15, 0.2) is 0 Å². The van der Waals surface area contributed by atoms with Gasteiger partial charge >= 0.3 is 5.97 Å². The number of esters is 1. The van der Waals surface area contributed by atoms with Gasteiger partial charge in [0.05, 0.1) is 6.61 Å². The number of hydrogen-bond acceptors (Lipinski definition) is 3. The maximum Gasteiger partial charge on any atom is 0.332 e. The van der Waals surface area contributed by atoms with Crippen LogP contribution in [0.15, 0.2) is 28.7 Å². The minimum Gasteiger partial charge on any atom is -0.464 e. The lowest BCUT2D eigenvalue weighted by Gasteiger charge is -2.34. The minimum atomic E-state index is -0.632. The second kappa shape index (κ2) is 5.99. The monoisotopic (exact) mass is 353 g/mol. The Hall–Kier alpha value is -1.03. The number of nitrogens with one attached hydrogen (secondary N) is 1. The molecule has 116 valence electrons. The predicted octanol–water partition coefficient (Wildman–Crippen LogP) is 4.62. The summed E-state index contributed by atoms with van der Waals surface area (Å²) in [5, 5.41) is 3.48. The Labute approximate surface area is 135 Å². The van der Waals surface area contributed by atoms with Crippen LogP contribution < -0.4 is 5.32 Å². The lowest BCUT2D eigenvalue weighted by atomic mass is 9.86. The van der Waals surface area contributed by atoms with Gasteiger partial charge in [0.2, 0.25) is 0 Å². The van der Waals surface area contributed by atoms with Crippen molar-refractivity contribution in [2.45, 2.75) is 46.1 Å². The predicted molar refractivity (Wildman–Crippen MR) is 89.3 cm³/mol. The third-order valence-corrected chi connectivity index (χ3v) is 4.84. The van der Waals surface area contributed by atoms with Gasteiger partial charge < -0.3 is 10.1 Å². The van der Waals surface area contributed by atoms with E-state index < -0.39 is 5.54 Å². The molecule has 21 heavy (non-hydrogen) atoms. The van der Waals surface area contributed by atoms with E-state index in [1.54, 1.807) is 0 Å². The van der Waals surface area contributed by atoms with Crippen LogP contribution in [-0.4, -0.2) is 18.1 Å². The van der Waals surface area contributed by atoms with E-state index in [1.165, 1.54) is 0 Å². The Bertz CT molecular complexity index is 512. The molecule has 0 spiro atoms. The van der Waals surface area contributed by atoms with Gasteiger partial charge in [-0.1, -0.05) is 36.7 Å². The number of halogens is 1. The molecule has 0 saturated heterocycles. The van der Waals surface area contributed by atoms with Crippen molar-refractivity contribution in [2.24, 2.45) is 11.3 Å². The number of benzene rings is 1. The smallest absolute Gasteiger partial charge is 0.332 e. The molecule has 4 heteroatoms. The van der Waals surface area contributed by atoms with E-state index in [9.17, 15) is 4.79 Å². The Morgan fingerprint density at radius 1 is 1.38 bits per heavy atom. The van der Waals surface area contributed by atoms with Crippen LogP contribution in [0, 0.1) is 11.3 Å². The molecule has 1 aromatic rings. The number of rotatable bonds is 4. The topological polar surface area (TPSA) is 38.3 Å². The van der Waals surface area contributed by atoms with Crippen LogP contribution >= 0.6 is 15.9 Å². The number of anilines is 1. The third kappa shape index (κ3) is 3.42. The van der Waals surface area contributed by atoms with E-state index in [2.05, 4.69) is 42.0 Å². The van der Waals surface area contributed by atoms with Crippen LogP contribution in [0.3, 0.4) is 0 Å². The van der Waals surface area contributed by atoms with Crippen LogP contribution in [0.1, 0.15) is 40.5 Å². The average molecular weight is 354 g/mol. The van der Waals surface area contributed by atoms with Gasteiger partial charge in [0, 0.05) is 10.2 Å². The quantitative estimate of drug-likeness (QED) is 0.802. The zero-order valence-corrected chi connectivity index (χ0v) is 14.8. The highest BCUT2D eigenvalue weighted by Crippen LogP contribution is 2.49. The standard InChI is InChI=1S/C17H24BrNO2/c1-5-21-15(20)17(11-16(3,4)10-12(17)2)19-14-8-6-13(18)7-9-14/h6-9,12,19H,5,10-11H2,1-4H3. The summed E-state index contributed by atoms with van der Waals surface area (Å²) in [7, 11) is 0. The number of carbonyl (C=O) groups is 1. The van der Waals surface area contributed by atoms with Crippen molar-refractivity contribution in [3.05, 3.63) is 28.7 Å². The molecule has 0 bridgehead atoms. The van der Waals surface area contributed by atoms with E-state index in [1.807, 2.05) is 31.2 Å². The van der Waals surface area contributed by atoms with E-state index in [4.69, 9.17) is 4.74 Å². The maximum atomic E-state index is 12.6. The molecule has 0 radical (unpaired) electrons. The fraction of sp³-hybridized carbons (Fsp3) is 0.588. The first kappa shape index (κ1) is 16.3. The number of carbonyl (C=O) groups excluding carboxylic acids is 1. The molecule has 2 atom stereocenters. The molecular weight excluding hydrogens is 330 g/mol. The summed E-state index contributed by atoms with van der Waals surface area (Å²) in [5.74, 6) is 0.0983. The Morgan fingerprint density at radius 3 is 2.48 bits per heavy atom. The molecule has 1 aliphatic carbocycles. The Morgan fingerprint density at radius 2 is 2.00 bits per heavy atom. The second-order valence-corrected chi connectivity index (χ2v) is 7.69. The molecule has 0 aliphatic heterocycles. The van der Waals surface area contributed by atoms with Crippen LogP contribution in [0.4, 0.5) is 5.69 Å². The van der Waals surface area contributed by atoms with E-state index >= 15 is 0 Å². The summed E-state index contributed by atoms with van der Waals surface area (Å²) < 4.78 is 6.40. The molecule has 2 rings (SSSR count). The maximum absolute atomic E-state index is 12.6. The van der Waals surface area contributed by atoms with Gasteiger partial charge in [-0.2, -0.15) is 0 Å². The van der Waals surface area contributed by atoms with Crippen molar-refractivity contribution in [3.8, 4) is 0 Å².